The molecule has 2 nitrogen and oxygen atoms in total. The zero-order valence-electron chi connectivity index (χ0n) is 6.64. The summed E-state index contributed by atoms with van der Waals surface area (Å²) in [5.74, 6) is -4.67. The van der Waals surface area contributed by atoms with Crippen LogP contribution in [0.3, 0.4) is 0 Å². The second kappa shape index (κ2) is 2.32. The van der Waals surface area contributed by atoms with Gasteiger partial charge in [0.2, 0.25) is 9.05 Å². The Morgan fingerprint density at radius 3 is 1.83 bits per heavy atom. The molecule has 0 radical (unpaired) electrons. The van der Waals surface area contributed by atoms with Crippen molar-refractivity contribution in [1.82, 2.24) is 0 Å². The predicted octanol–water partition coefficient (Wildman–Crippen LogP) is 1.85. The number of hydrogen-bond donors (Lipinski definition) is 0. The number of rotatable bonds is 2. The van der Waals surface area contributed by atoms with Crippen LogP contribution < -0.4 is 0 Å². The molecule has 0 saturated heterocycles. The molecule has 1 rings (SSSR count). The molecular weight excluding hydrogens is 210 g/mol. The molecule has 0 spiro atoms. The Bertz CT molecular complexity index is 283. The molecule has 0 aromatic heterocycles. The zero-order chi connectivity index (χ0) is 9.78. The van der Waals surface area contributed by atoms with Gasteiger partial charge in [0.25, 0.3) is 5.92 Å². The van der Waals surface area contributed by atoms with Gasteiger partial charge in [-0.1, -0.05) is 13.8 Å². The summed E-state index contributed by atoms with van der Waals surface area (Å²) in [4.78, 5) is 0. The van der Waals surface area contributed by atoms with Crippen molar-refractivity contribution in [1.29, 1.82) is 0 Å². The van der Waals surface area contributed by atoms with Crippen molar-refractivity contribution >= 4 is 19.7 Å². The number of hydrogen-bond acceptors (Lipinski definition) is 2. The van der Waals surface area contributed by atoms with E-state index >= 15 is 0 Å². The third kappa shape index (κ3) is 1.44. The molecule has 0 heterocycles. The Kier molecular flexibility index (Phi) is 1.97. The monoisotopic (exact) mass is 218 g/mol. The van der Waals surface area contributed by atoms with Gasteiger partial charge in [-0.2, -0.15) is 0 Å². The van der Waals surface area contributed by atoms with Gasteiger partial charge in [-0.3, -0.25) is 0 Å². The summed E-state index contributed by atoms with van der Waals surface area (Å²) in [6.45, 7) is 2.67. The maximum atomic E-state index is 12.8. The fourth-order valence-electron chi connectivity index (χ4n) is 1.27. The molecule has 72 valence electrons. The van der Waals surface area contributed by atoms with Gasteiger partial charge in [0.05, 0.1) is 5.75 Å². The molecule has 0 amide bonds. The predicted molar refractivity (Wildman–Crippen MR) is 41.9 cm³/mol. The molecule has 0 aliphatic heterocycles. The normalized spacial score (nSPS) is 31.6. The molecule has 0 aromatic rings. The van der Waals surface area contributed by atoms with Crippen LogP contribution in [0.2, 0.25) is 0 Å². The van der Waals surface area contributed by atoms with Crippen LogP contribution in [0.25, 0.3) is 0 Å². The van der Waals surface area contributed by atoms with E-state index in [1.165, 1.54) is 13.8 Å². The van der Waals surface area contributed by atoms with E-state index in [1.54, 1.807) is 0 Å². The molecule has 0 bridgehead atoms. The first-order valence-electron chi connectivity index (χ1n) is 3.39. The average Bonchev–Trinajstić information content (AvgIpc) is 2.09. The van der Waals surface area contributed by atoms with Crippen LogP contribution in [0, 0.1) is 11.3 Å². The lowest BCUT2D eigenvalue weighted by molar-refractivity contribution is 0.0685. The van der Waals surface area contributed by atoms with Crippen LogP contribution in [-0.2, 0) is 9.05 Å². The Balaban J connectivity index is 2.74. The van der Waals surface area contributed by atoms with Gasteiger partial charge >= 0.3 is 0 Å². The summed E-state index contributed by atoms with van der Waals surface area (Å²) in [7, 11) is 1.05. The van der Waals surface area contributed by atoms with Crippen molar-refractivity contribution in [3.05, 3.63) is 0 Å². The Morgan fingerprint density at radius 1 is 1.42 bits per heavy atom. The lowest BCUT2D eigenvalue weighted by atomic mass is 10.1. The van der Waals surface area contributed by atoms with Crippen LogP contribution in [0.1, 0.15) is 13.8 Å². The smallest absolute Gasteiger partial charge is 0.212 e. The van der Waals surface area contributed by atoms with E-state index in [9.17, 15) is 17.2 Å². The van der Waals surface area contributed by atoms with E-state index in [4.69, 9.17) is 10.7 Å². The zero-order valence-corrected chi connectivity index (χ0v) is 8.22. The minimum absolute atomic E-state index is 0.644. The van der Waals surface area contributed by atoms with Crippen LogP contribution in [0.15, 0.2) is 0 Å². The lowest BCUT2D eigenvalue weighted by Gasteiger charge is -1.96. The van der Waals surface area contributed by atoms with Crippen molar-refractivity contribution in [2.75, 3.05) is 5.75 Å². The topological polar surface area (TPSA) is 34.1 Å². The fraction of sp³-hybridized carbons (Fsp3) is 1.00. The second-order valence-corrected chi connectivity index (χ2v) is 6.42. The van der Waals surface area contributed by atoms with Gasteiger partial charge in [0, 0.05) is 22.0 Å². The highest BCUT2D eigenvalue weighted by atomic mass is 35.7. The molecule has 12 heavy (non-hydrogen) atoms. The quantitative estimate of drug-likeness (QED) is 0.663. The Morgan fingerprint density at radius 2 is 1.75 bits per heavy atom. The van der Waals surface area contributed by atoms with E-state index < -0.39 is 32.1 Å². The molecule has 0 aromatic carbocycles. The van der Waals surface area contributed by atoms with E-state index in [0.717, 1.165) is 0 Å². The third-order valence-corrected chi connectivity index (χ3v) is 3.56. The van der Waals surface area contributed by atoms with Gasteiger partial charge in [0.1, 0.15) is 0 Å². The van der Waals surface area contributed by atoms with Crippen LogP contribution >= 0.6 is 10.7 Å². The van der Waals surface area contributed by atoms with E-state index in [0.29, 0.717) is 0 Å². The van der Waals surface area contributed by atoms with Crippen molar-refractivity contribution in [3.8, 4) is 0 Å². The number of halogens is 3. The molecule has 1 aliphatic carbocycles. The molecule has 0 unspecified atom stereocenters. The summed E-state index contributed by atoms with van der Waals surface area (Å²) in [6, 6.07) is 0. The van der Waals surface area contributed by atoms with Crippen molar-refractivity contribution in [2.24, 2.45) is 11.3 Å². The Hall–Kier alpha value is 0.1000. The first kappa shape index (κ1) is 10.2. The van der Waals surface area contributed by atoms with Crippen molar-refractivity contribution < 1.29 is 17.2 Å². The highest BCUT2D eigenvalue weighted by Gasteiger charge is 2.75. The molecule has 1 saturated carbocycles. The fourth-order valence-corrected chi connectivity index (χ4v) is 2.67. The highest BCUT2D eigenvalue weighted by molar-refractivity contribution is 8.13. The molecule has 6 heteroatoms. The molecule has 1 aliphatic rings. The van der Waals surface area contributed by atoms with Gasteiger partial charge in [-0.05, 0) is 0 Å². The molecule has 1 atom stereocenters. The van der Waals surface area contributed by atoms with E-state index in [-0.39, 0.29) is 0 Å². The van der Waals surface area contributed by atoms with E-state index in [2.05, 4.69) is 0 Å². The van der Waals surface area contributed by atoms with Gasteiger partial charge in [0.15, 0.2) is 0 Å². The summed E-state index contributed by atoms with van der Waals surface area (Å²) in [5.41, 5.74) is -1.23. The van der Waals surface area contributed by atoms with Crippen LogP contribution in [-0.4, -0.2) is 20.1 Å². The van der Waals surface area contributed by atoms with Gasteiger partial charge in [-0.25, -0.2) is 17.2 Å². The summed E-state index contributed by atoms with van der Waals surface area (Å²) >= 11 is 0. The van der Waals surface area contributed by atoms with Crippen molar-refractivity contribution in [2.45, 2.75) is 19.8 Å². The maximum Gasteiger partial charge on any atom is 0.258 e. The number of alkyl halides is 2. The molecular formula is C6H9ClF2O2S. The maximum absolute atomic E-state index is 12.8. The molecule has 1 fully saturated rings. The summed E-state index contributed by atoms with van der Waals surface area (Å²) in [5, 5.41) is 0. The SMILES string of the molecule is CC1(C)[C@H](CS(=O)(=O)Cl)C1(F)F. The average molecular weight is 219 g/mol. The van der Waals surface area contributed by atoms with Gasteiger partial charge in [-0.15, -0.1) is 0 Å². The van der Waals surface area contributed by atoms with E-state index in [1.807, 2.05) is 0 Å². The molecule has 0 N–H and O–H groups in total. The van der Waals surface area contributed by atoms with Crippen LogP contribution in [0.5, 0.6) is 0 Å². The first-order valence-corrected chi connectivity index (χ1v) is 5.87. The summed E-state index contributed by atoms with van der Waals surface area (Å²) in [6.07, 6.45) is 0. The summed E-state index contributed by atoms with van der Waals surface area (Å²) < 4.78 is 46.5. The van der Waals surface area contributed by atoms with Crippen LogP contribution in [0.4, 0.5) is 8.78 Å². The lowest BCUT2D eigenvalue weighted by Crippen LogP contribution is -2.05. The minimum Gasteiger partial charge on any atom is -0.212 e. The highest BCUT2D eigenvalue weighted by Crippen LogP contribution is 2.65. The minimum atomic E-state index is -3.81. The third-order valence-electron chi connectivity index (χ3n) is 2.45. The second-order valence-electron chi connectivity index (χ2n) is 3.60. The Labute approximate surface area is 74.3 Å². The van der Waals surface area contributed by atoms with Crippen molar-refractivity contribution in [3.63, 3.8) is 0 Å². The standard InChI is InChI=1S/C6H9ClF2O2S/c1-5(2)4(6(5,8)9)3-12(7,10)11/h4H,3H2,1-2H3/t4-/m0/s1. The van der Waals surface area contributed by atoms with Gasteiger partial charge < -0.3 is 0 Å². The first-order chi connectivity index (χ1) is 5.09. The largest absolute Gasteiger partial charge is 0.258 e.